The lowest BCUT2D eigenvalue weighted by Gasteiger charge is -2.24. The van der Waals surface area contributed by atoms with E-state index in [1.807, 2.05) is 0 Å². The minimum atomic E-state index is 0.749. The zero-order valence-electron chi connectivity index (χ0n) is 10.0. The largest absolute Gasteiger partial charge is 0.314 e. The maximum absolute atomic E-state index is 3.76. The molecule has 1 nitrogen and oxygen atoms in total. The monoisotopic (exact) mass is 207 g/mol. The van der Waals surface area contributed by atoms with Gasteiger partial charge in [0, 0.05) is 6.04 Å². The standard InChI is InChI=1S/C14H25N/c1-12(14-9-5-6-10-14)15-11-13-7-3-2-4-8-13/h2-3,12-15H,4-11H2,1H3. The molecule has 1 saturated carbocycles. The van der Waals surface area contributed by atoms with Crippen molar-refractivity contribution in [3.63, 3.8) is 0 Å². The number of nitrogens with one attached hydrogen (secondary N) is 1. The second-order valence-corrected chi connectivity index (χ2v) is 5.39. The topological polar surface area (TPSA) is 12.0 Å². The molecule has 0 radical (unpaired) electrons. The lowest BCUT2D eigenvalue weighted by molar-refractivity contribution is 0.341. The summed E-state index contributed by atoms with van der Waals surface area (Å²) in [6.07, 6.45) is 14.5. The smallest absolute Gasteiger partial charge is 0.00671 e. The van der Waals surface area contributed by atoms with Crippen LogP contribution in [-0.4, -0.2) is 12.6 Å². The van der Waals surface area contributed by atoms with Gasteiger partial charge in [0.15, 0.2) is 0 Å². The maximum Gasteiger partial charge on any atom is 0.00671 e. The van der Waals surface area contributed by atoms with Gasteiger partial charge in [0.25, 0.3) is 0 Å². The van der Waals surface area contributed by atoms with E-state index in [1.54, 1.807) is 0 Å². The molecule has 2 aliphatic rings. The molecule has 86 valence electrons. The zero-order chi connectivity index (χ0) is 10.5. The van der Waals surface area contributed by atoms with Crippen LogP contribution in [0.5, 0.6) is 0 Å². The van der Waals surface area contributed by atoms with Crippen molar-refractivity contribution in [2.75, 3.05) is 6.54 Å². The first-order valence-corrected chi connectivity index (χ1v) is 6.74. The van der Waals surface area contributed by atoms with Crippen LogP contribution in [0.1, 0.15) is 51.9 Å². The van der Waals surface area contributed by atoms with Crippen LogP contribution in [-0.2, 0) is 0 Å². The average molecular weight is 207 g/mol. The first-order valence-electron chi connectivity index (χ1n) is 6.74. The van der Waals surface area contributed by atoms with Crippen LogP contribution in [0.3, 0.4) is 0 Å². The van der Waals surface area contributed by atoms with Crippen LogP contribution in [0.15, 0.2) is 12.2 Å². The van der Waals surface area contributed by atoms with Gasteiger partial charge in [-0.05, 0) is 57.4 Å². The molecular formula is C14H25N. The Labute approximate surface area is 94.3 Å². The summed E-state index contributed by atoms with van der Waals surface area (Å²) in [5.41, 5.74) is 0. The normalized spacial score (nSPS) is 29.5. The van der Waals surface area contributed by atoms with Crippen LogP contribution in [0.2, 0.25) is 0 Å². The Kier molecular flexibility index (Phi) is 4.25. The summed E-state index contributed by atoms with van der Waals surface area (Å²) in [5, 5.41) is 3.76. The summed E-state index contributed by atoms with van der Waals surface area (Å²) in [6.45, 7) is 3.62. The molecule has 0 heterocycles. The molecule has 2 rings (SSSR count). The highest BCUT2D eigenvalue weighted by atomic mass is 14.9. The summed E-state index contributed by atoms with van der Waals surface area (Å²) in [4.78, 5) is 0. The number of hydrogen-bond acceptors (Lipinski definition) is 1. The zero-order valence-corrected chi connectivity index (χ0v) is 10.0. The van der Waals surface area contributed by atoms with E-state index in [1.165, 1.54) is 51.5 Å². The molecule has 0 bridgehead atoms. The Balaban J connectivity index is 1.65. The minimum Gasteiger partial charge on any atom is -0.314 e. The van der Waals surface area contributed by atoms with E-state index in [0.717, 1.165) is 17.9 Å². The van der Waals surface area contributed by atoms with Crippen molar-refractivity contribution < 1.29 is 0 Å². The lowest BCUT2D eigenvalue weighted by atomic mass is 9.93. The molecular weight excluding hydrogens is 182 g/mol. The van der Waals surface area contributed by atoms with Crippen molar-refractivity contribution >= 4 is 0 Å². The quantitative estimate of drug-likeness (QED) is 0.696. The van der Waals surface area contributed by atoms with Gasteiger partial charge in [0.2, 0.25) is 0 Å². The van der Waals surface area contributed by atoms with Gasteiger partial charge in [-0.2, -0.15) is 0 Å². The van der Waals surface area contributed by atoms with E-state index < -0.39 is 0 Å². The molecule has 1 fully saturated rings. The van der Waals surface area contributed by atoms with Gasteiger partial charge in [0.1, 0.15) is 0 Å². The summed E-state index contributed by atoms with van der Waals surface area (Å²) in [6, 6.07) is 0.749. The second kappa shape index (κ2) is 5.69. The number of allylic oxidation sites excluding steroid dienone is 2. The van der Waals surface area contributed by atoms with E-state index in [9.17, 15) is 0 Å². The first kappa shape index (κ1) is 11.2. The molecule has 0 aromatic heterocycles. The minimum absolute atomic E-state index is 0.749. The SMILES string of the molecule is CC(NCC1CC=CCC1)C1CCCC1. The summed E-state index contributed by atoms with van der Waals surface area (Å²) in [5.74, 6) is 1.86. The highest BCUT2D eigenvalue weighted by Crippen LogP contribution is 2.27. The van der Waals surface area contributed by atoms with Crippen molar-refractivity contribution in [2.45, 2.75) is 57.9 Å². The van der Waals surface area contributed by atoms with E-state index >= 15 is 0 Å². The lowest BCUT2D eigenvalue weighted by Crippen LogP contribution is -2.36. The summed E-state index contributed by atoms with van der Waals surface area (Å²) >= 11 is 0. The third-order valence-electron chi connectivity index (χ3n) is 4.21. The molecule has 0 amide bonds. The molecule has 0 saturated heterocycles. The van der Waals surface area contributed by atoms with E-state index in [2.05, 4.69) is 24.4 Å². The molecule has 0 aliphatic heterocycles. The Morgan fingerprint density at radius 1 is 1.20 bits per heavy atom. The molecule has 0 spiro atoms. The van der Waals surface area contributed by atoms with Crippen LogP contribution < -0.4 is 5.32 Å². The fourth-order valence-corrected chi connectivity index (χ4v) is 3.02. The van der Waals surface area contributed by atoms with Gasteiger partial charge in [0.05, 0.1) is 0 Å². The molecule has 15 heavy (non-hydrogen) atoms. The Morgan fingerprint density at radius 2 is 2.00 bits per heavy atom. The first-order chi connectivity index (χ1) is 7.36. The van der Waals surface area contributed by atoms with Gasteiger partial charge in [-0.3, -0.25) is 0 Å². The molecule has 0 aromatic carbocycles. The second-order valence-electron chi connectivity index (χ2n) is 5.39. The van der Waals surface area contributed by atoms with E-state index in [0.29, 0.717) is 0 Å². The maximum atomic E-state index is 3.76. The van der Waals surface area contributed by atoms with Gasteiger partial charge < -0.3 is 5.32 Å². The van der Waals surface area contributed by atoms with E-state index in [4.69, 9.17) is 0 Å². The van der Waals surface area contributed by atoms with Crippen molar-refractivity contribution in [3.05, 3.63) is 12.2 Å². The van der Waals surface area contributed by atoms with Crippen LogP contribution in [0.4, 0.5) is 0 Å². The third-order valence-corrected chi connectivity index (χ3v) is 4.21. The Morgan fingerprint density at radius 3 is 2.67 bits per heavy atom. The van der Waals surface area contributed by atoms with Crippen molar-refractivity contribution in [1.29, 1.82) is 0 Å². The third kappa shape index (κ3) is 3.34. The van der Waals surface area contributed by atoms with Crippen molar-refractivity contribution in [3.8, 4) is 0 Å². The number of hydrogen-bond donors (Lipinski definition) is 1. The highest BCUT2D eigenvalue weighted by Gasteiger charge is 2.21. The van der Waals surface area contributed by atoms with Crippen LogP contribution in [0.25, 0.3) is 0 Å². The van der Waals surface area contributed by atoms with E-state index in [-0.39, 0.29) is 0 Å². The molecule has 2 atom stereocenters. The predicted octanol–water partition coefficient (Wildman–Crippen LogP) is 3.51. The predicted molar refractivity (Wildman–Crippen MR) is 65.9 cm³/mol. The summed E-state index contributed by atoms with van der Waals surface area (Å²) < 4.78 is 0. The average Bonchev–Trinajstić information content (AvgIpc) is 2.81. The summed E-state index contributed by atoms with van der Waals surface area (Å²) in [7, 11) is 0. The molecule has 0 aromatic rings. The van der Waals surface area contributed by atoms with Crippen molar-refractivity contribution in [2.24, 2.45) is 11.8 Å². The van der Waals surface area contributed by atoms with Crippen LogP contribution in [0, 0.1) is 11.8 Å². The Bertz CT molecular complexity index is 203. The van der Waals surface area contributed by atoms with Crippen LogP contribution >= 0.6 is 0 Å². The number of rotatable bonds is 4. The molecule has 2 aliphatic carbocycles. The highest BCUT2D eigenvalue weighted by molar-refractivity contribution is 4.91. The fourth-order valence-electron chi connectivity index (χ4n) is 3.02. The molecule has 1 heteroatoms. The molecule has 2 unspecified atom stereocenters. The van der Waals surface area contributed by atoms with Gasteiger partial charge in [-0.15, -0.1) is 0 Å². The fraction of sp³-hybridized carbons (Fsp3) is 0.857. The van der Waals surface area contributed by atoms with Gasteiger partial charge in [-0.25, -0.2) is 0 Å². The van der Waals surface area contributed by atoms with Gasteiger partial charge >= 0.3 is 0 Å². The van der Waals surface area contributed by atoms with Gasteiger partial charge in [-0.1, -0.05) is 25.0 Å². The Hall–Kier alpha value is -0.300. The van der Waals surface area contributed by atoms with Crippen molar-refractivity contribution in [1.82, 2.24) is 5.32 Å². The molecule has 1 N–H and O–H groups in total.